The molecule has 0 heterocycles. The fourth-order valence-corrected chi connectivity index (χ4v) is 4.14. The van der Waals surface area contributed by atoms with E-state index < -0.39 is 101 Å². The first-order valence-corrected chi connectivity index (χ1v) is 10.6. The third-order valence-electron chi connectivity index (χ3n) is 5.74. The summed E-state index contributed by atoms with van der Waals surface area (Å²) in [6.07, 6.45) is -9.77. The Bertz CT molecular complexity index is 1070. The minimum atomic E-state index is -3.10. The van der Waals surface area contributed by atoms with E-state index in [2.05, 4.69) is 6.58 Å². The highest BCUT2D eigenvalue weighted by atomic mass is 19.2. The van der Waals surface area contributed by atoms with Crippen molar-refractivity contribution < 1.29 is 57.0 Å². The van der Waals surface area contributed by atoms with Gasteiger partial charge in [-0.2, -0.15) is 0 Å². The maximum Gasteiger partial charge on any atom is 0.194 e. The van der Waals surface area contributed by atoms with Gasteiger partial charge in [0.1, 0.15) is 29.5 Å². The van der Waals surface area contributed by atoms with Crippen molar-refractivity contribution in [3.63, 3.8) is 0 Å². The summed E-state index contributed by atoms with van der Waals surface area (Å²) in [4.78, 5) is 0. The van der Waals surface area contributed by atoms with E-state index in [-0.39, 0.29) is 5.57 Å². The average Bonchev–Trinajstić information content (AvgIpc) is 2.78. The number of benzene rings is 2. The van der Waals surface area contributed by atoms with Gasteiger partial charge in [-0.15, -0.1) is 6.58 Å². The van der Waals surface area contributed by atoms with Crippen molar-refractivity contribution >= 4 is 0 Å². The van der Waals surface area contributed by atoms with Gasteiger partial charge in [0.05, 0.1) is 6.61 Å². The lowest BCUT2D eigenvalue weighted by Gasteiger charge is -2.46. The van der Waals surface area contributed by atoms with E-state index in [0.717, 1.165) is 0 Å². The third kappa shape index (κ3) is 6.25. The molecule has 0 amide bonds. The molecule has 0 aliphatic rings. The van der Waals surface area contributed by atoms with Crippen molar-refractivity contribution in [2.24, 2.45) is 0 Å². The van der Waals surface area contributed by atoms with Crippen molar-refractivity contribution in [2.45, 2.75) is 55.7 Å². The molecule has 0 bridgehead atoms. The van der Waals surface area contributed by atoms with Crippen LogP contribution in [0.25, 0.3) is 0 Å². The summed E-state index contributed by atoms with van der Waals surface area (Å²) < 4.78 is 81.8. The second kappa shape index (κ2) is 11.3. The fraction of sp³-hybridized carbons (Fsp3) is 0.417. The molecule has 0 spiro atoms. The van der Waals surface area contributed by atoms with Gasteiger partial charge in [-0.05, 0) is 48.7 Å². The van der Waals surface area contributed by atoms with Gasteiger partial charge < -0.3 is 30.6 Å². The molecule has 0 aliphatic heterocycles. The normalized spacial score (nSPS) is 17.7. The highest BCUT2D eigenvalue weighted by Gasteiger charge is 2.54. The van der Waals surface area contributed by atoms with Crippen LogP contribution in [0, 0.1) is 34.9 Å². The Labute approximate surface area is 202 Å². The van der Waals surface area contributed by atoms with Gasteiger partial charge in [-0.25, -0.2) is 26.3 Å². The van der Waals surface area contributed by atoms with E-state index in [1.165, 1.54) is 6.92 Å². The largest absolute Gasteiger partial charge is 0.394 e. The lowest BCUT2D eigenvalue weighted by molar-refractivity contribution is -0.228. The minimum Gasteiger partial charge on any atom is -0.394 e. The van der Waals surface area contributed by atoms with E-state index in [4.69, 9.17) is 0 Å². The highest BCUT2D eigenvalue weighted by Crippen LogP contribution is 2.36. The van der Waals surface area contributed by atoms with E-state index in [1.807, 2.05) is 0 Å². The van der Waals surface area contributed by atoms with Crippen LogP contribution in [0.3, 0.4) is 0 Å². The van der Waals surface area contributed by atoms with Gasteiger partial charge in [-0.3, -0.25) is 0 Å². The Kier molecular flexibility index (Phi) is 9.32. The van der Waals surface area contributed by atoms with E-state index in [1.54, 1.807) is 0 Å². The van der Waals surface area contributed by atoms with Gasteiger partial charge in [0.15, 0.2) is 34.9 Å². The Morgan fingerprint density at radius 1 is 0.806 bits per heavy atom. The van der Waals surface area contributed by atoms with Gasteiger partial charge >= 0.3 is 0 Å². The maximum atomic E-state index is 13.8. The first kappa shape index (κ1) is 29.7. The van der Waals surface area contributed by atoms with Crippen LogP contribution in [0.1, 0.15) is 24.5 Å². The molecule has 6 nitrogen and oxygen atoms in total. The van der Waals surface area contributed by atoms with Crippen LogP contribution in [0.2, 0.25) is 0 Å². The van der Waals surface area contributed by atoms with Crippen molar-refractivity contribution in [1.82, 2.24) is 0 Å². The smallest absolute Gasteiger partial charge is 0.194 e. The number of halogens is 6. The van der Waals surface area contributed by atoms with E-state index in [0.29, 0.717) is 24.3 Å². The molecule has 2 aromatic carbocycles. The van der Waals surface area contributed by atoms with E-state index in [9.17, 15) is 57.0 Å². The van der Waals surface area contributed by atoms with Gasteiger partial charge in [0.25, 0.3) is 0 Å². The second-order valence-corrected chi connectivity index (χ2v) is 8.93. The van der Waals surface area contributed by atoms with Gasteiger partial charge in [0, 0.05) is 12.8 Å². The second-order valence-electron chi connectivity index (χ2n) is 8.93. The molecule has 5 atom stereocenters. The van der Waals surface area contributed by atoms with Crippen molar-refractivity contribution in [3.05, 3.63) is 82.4 Å². The topological polar surface area (TPSA) is 121 Å². The summed E-state index contributed by atoms with van der Waals surface area (Å²) in [5.74, 6) is -10.3. The van der Waals surface area contributed by atoms with Crippen molar-refractivity contribution in [3.8, 4) is 0 Å². The highest BCUT2D eigenvalue weighted by molar-refractivity contribution is 5.26. The molecule has 0 fully saturated rings. The zero-order valence-corrected chi connectivity index (χ0v) is 19.0. The molecule has 200 valence electrons. The van der Waals surface area contributed by atoms with Crippen LogP contribution in [0.4, 0.5) is 26.3 Å². The molecule has 12 heteroatoms. The van der Waals surface area contributed by atoms with Crippen LogP contribution in [0.5, 0.6) is 0 Å². The van der Waals surface area contributed by atoms with Crippen molar-refractivity contribution in [2.75, 3.05) is 6.61 Å². The minimum absolute atomic E-state index is 0.151. The van der Waals surface area contributed by atoms with Crippen LogP contribution < -0.4 is 0 Å². The molecule has 2 aromatic rings. The standard InChI is InChI=1S/C24H26F6O6/c1-11(2)7-23(35,8-12-3-14(25)19(29)15(26)4-12)22(34)24(36,21(33)18(32)10-31)9-13-5-16(27)20(30)17(28)6-13/h3-6,18,21-22,31-36H,1,7-10H2,2H3/t18-,21+,22+,23?,24+/m0/s1. The average molecular weight is 524 g/mol. The third-order valence-corrected chi connectivity index (χ3v) is 5.74. The van der Waals surface area contributed by atoms with Crippen LogP contribution in [0.15, 0.2) is 36.4 Å². The van der Waals surface area contributed by atoms with Crippen LogP contribution in [-0.2, 0) is 12.8 Å². The SMILES string of the molecule is C=C(C)CC(O)(Cc1cc(F)c(F)c(F)c1)[C@@H](O)[C@@](O)(Cc1cc(F)c(F)c(F)c1)[C@H](O)[C@@H](O)CO. The van der Waals surface area contributed by atoms with Crippen LogP contribution in [-0.4, -0.2) is 66.8 Å². The summed E-state index contributed by atoms with van der Waals surface area (Å²) in [5, 5.41) is 63.6. The predicted octanol–water partition coefficient (Wildman–Crippen LogP) is 1.81. The summed E-state index contributed by atoms with van der Waals surface area (Å²) in [6, 6.07) is 1.88. The molecule has 2 rings (SSSR count). The number of hydrogen-bond donors (Lipinski definition) is 6. The zero-order chi connectivity index (χ0) is 27.6. The van der Waals surface area contributed by atoms with Gasteiger partial charge in [0.2, 0.25) is 0 Å². The van der Waals surface area contributed by atoms with E-state index >= 15 is 0 Å². The number of aliphatic hydroxyl groups is 6. The predicted molar refractivity (Wildman–Crippen MR) is 114 cm³/mol. The molecule has 0 saturated carbocycles. The molecule has 36 heavy (non-hydrogen) atoms. The molecule has 0 aliphatic carbocycles. The molecule has 0 aromatic heterocycles. The molecule has 1 unspecified atom stereocenters. The Hall–Kier alpha value is -2.48. The maximum absolute atomic E-state index is 13.8. The number of hydrogen-bond acceptors (Lipinski definition) is 6. The Morgan fingerprint density at radius 2 is 1.19 bits per heavy atom. The van der Waals surface area contributed by atoms with Gasteiger partial charge in [-0.1, -0.05) is 5.57 Å². The summed E-state index contributed by atoms with van der Waals surface area (Å²) in [5.41, 5.74) is -6.51. The summed E-state index contributed by atoms with van der Waals surface area (Å²) in [7, 11) is 0. The fourth-order valence-electron chi connectivity index (χ4n) is 4.14. The molecular weight excluding hydrogens is 498 g/mol. The summed E-state index contributed by atoms with van der Waals surface area (Å²) >= 11 is 0. The molecule has 6 N–H and O–H groups in total. The first-order valence-electron chi connectivity index (χ1n) is 10.6. The molecular formula is C24H26F6O6. The number of rotatable bonds is 11. The zero-order valence-electron chi connectivity index (χ0n) is 19.0. The lowest BCUT2D eigenvalue weighted by atomic mass is 9.71. The number of aliphatic hydroxyl groups excluding tert-OH is 4. The monoisotopic (exact) mass is 524 g/mol. The Morgan fingerprint density at radius 3 is 1.56 bits per heavy atom. The lowest BCUT2D eigenvalue weighted by Crippen LogP contribution is -2.66. The van der Waals surface area contributed by atoms with Crippen molar-refractivity contribution in [1.29, 1.82) is 0 Å². The molecule has 0 saturated heterocycles. The van der Waals surface area contributed by atoms with Crippen LogP contribution >= 0.6 is 0 Å². The summed E-state index contributed by atoms with van der Waals surface area (Å²) in [6.45, 7) is 3.75. The first-order chi connectivity index (χ1) is 16.6. The Balaban J connectivity index is 2.64. The molecule has 0 radical (unpaired) electrons. The quantitative estimate of drug-likeness (QED) is 0.152.